The van der Waals surface area contributed by atoms with Crippen LogP contribution in [0.1, 0.15) is 22.3 Å². The number of nitrogens with two attached hydrogens (primary N) is 1. The van der Waals surface area contributed by atoms with Crippen LogP contribution in [0, 0.1) is 13.8 Å². The van der Waals surface area contributed by atoms with Gasteiger partial charge in [0.25, 0.3) is 0 Å². The zero-order valence-electron chi connectivity index (χ0n) is 12.7. The summed E-state index contributed by atoms with van der Waals surface area (Å²) in [6, 6.07) is 11.8. The molecule has 0 aliphatic heterocycles. The van der Waals surface area contributed by atoms with E-state index in [1.165, 1.54) is 0 Å². The lowest BCUT2D eigenvalue weighted by Crippen LogP contribution is -2.04. The molecule has 0 saturated carbocycles. The minimum Gasteiger partial charge on any atom is -0.496 e. The van der Waals surface area contributed by atoms with E-state index < -0.39 is 10.8 Å². The van der Waals surface area contributed by atoms with Crippen LogP contribution in [-0.2, 0) is 23.1 Å². The first-order chi connectivity index (χ1) is 10.0. The highest BCUT2D eigenvalue weighted by Crippen LogP contribution is 2.25. The van der Waals surface area contributed by atoms with E-state index in [0.717, 1.165) is 32.9 Å². The van der Waals surface area contributed by atoms with Crippen molar-refractivity contribution < 1.29 is 8.95 Å². The minimum atomic E-state index is -1.10. The second kappa shape index (κ2) is 6.87. The Bertz CT molecular complexity index is 668. The molecular formula is C17H21NO2S. The summed E-state index contributed by atoms with van der Waals surface area (Å²) in [5, 5.41) is 0. The van der Waals surface area contributed by atoms with E-state index in [0.29, 0.717) is 12.3 Å². The second-order valence-corrected chi connectivity index (χ2v) is 6.53. The van der Waals surface area contributed by atoms with Crippen molar-refractivity contribution in [3.8, 4) is 5.75 Å². The van der Waals surface area contributed by atoms with E-state index in [-0.39, 0.29) is 0 Å². The summed E-state index contributed by atoms with van der Waals surface area (Å²) < 4.78 is 18.0. The van der Waals surface area contributed by atoms with E-state index in [4.69, 9.17) is 10.5 Å². The van der Waals surface area contributed by atoms with Crippen LogP contribution >= 0.6 is 0 Å². The van der Waals surface area contributed by atoms with Crippen molar-refractivity contribution in [2.75, 3.05) is 7.11 Å². The van der Waals surface area contributed by atoms with Crippen LogP contribution in [-0.4, -0.2) is 11.3 Å². The first kappa shape index (κ1) is 15.7. The predicted molar refractivity (Wildman–Crippen MR) is 86.9 cm³/mol. The Balaban J connectivity index is 2.32. The molecule has 0 saturated heterocycles. The molecular weight excluding hydrogens is 282 g/mol. The van der Waals surface area contributed by atoms with Crippen LogP contribution in [0.4, 0.5) is 0 Å². The number of hydrogen-bond acceptors (Lipinski definition) is 3. The third kappa shape index (κ3) is 3.71. The van der Waals surface area contributed by atoms with Gasteiger partial charge in [0.05, 0.1) is 23.7 Å². The Morgan fingerprint density at radius 1 is 1.14 bits per heavy atom. The van der Waals surface area contributed by atoms with Crippen molar-refractivity contribution in [3.63, 3.8) is 0 Å². The molecule has 2 aromatic carbocycles. The third-order valence-electron chi connectivity index (χ3n) is 3.46. The lowest BCUT2D eigenvalue weighted by atomic mass is 10.1. The third-order valence-corrected chi connectivity index (χ3v) is 4.96. The highest BCUT2D eigenvalue weighted by atomic mass is 32.2. The van der Waals surface area contributed by atoms with Crippen molar-refractivity contribution in [3.05, 3.63) is 58.7 Å². The number of methoxy groups -OCH3 is 1. The number of hydrogen-bond donors (Lipinski definition) is 1. The van der Waals surface area contributed by atoms with E-state index in [9.17, 15) is 4.21 Å². The summed E-state index contributed by atoms with van der Waals surface area (Å²) in [5.74, 6) is 1.19. The highest BCUT2D eigenvalue weighted by Gasteiger charge is 2.12. The van der Waals surface area contributed by atoms with E-state index in [2.05, 4.69) is 0 Å². The van der Waals surface area contributed by atoms with Gasteiger partial charge in [-0.15, -0.1) is 0 Å². The molecule has 4 heteroatoms. The lowest BCUT2D eigenvalue weighted by molar-refractivity contribution is 0.411. The molecule has 0 bridgehead atoms. The number of aryl methyl sites for hydroxylation is 2. The van der Waals surface area contributed by atoms with Crippen molar-refractivity contribution in [2.24, 2.45) is 5.73 Å². The molecule has 0 heterocycles. The molecule has 0 amide bonds. The second-order valence-electron chi connectivity index (χ2n) is 5.11. The first-order valence-electron chi connectivity index (χ1n) is 6.86. The van der Waals surface area contributed by atoms with Gasteiger partial charge >= 0.3 is 0 Å². The van der Waals surface area contributed by atoms with Crippen molar-refractivity contribution in [1.29, 1.82) is 0 Å². The van der Waals surface area contributed by atoms with Gasteiger partial charge in [-0.3, -0.25) is 4.21 Å². The molecule has 2 rings (SSSR count). The molecule has 0 spiro atoms. The number of benzene rings is 2. The summed E-state index contributed by atoms with van der Waals surface area (Å²) in [5.41, 5.74) is 9.79. The largest absolute Gasteiger partial charge is 0.496 e. The first-order valence-corrected chi connectivity index (χ1v) is 8.18. The Kier molecular flexibility index (Phi) is 5.15. The predicted octanol–water partition coefficient (Wildman–Crippen LogP) is 3.08. The van der Waals surface area contributed by atoms with Gasteiger partial charge in [0.1, 0.15) is 5.75 Å². The zero-order valence-corrected chi connectivity index (χ0v) is 13.5. The van der Waals surface area contributed by atoms with E-state index >= 15 is 0 Å². The van der Waals surface area contributed by atoms with Gasteiger partial charge in [-0.25, -0.2) is 0 Å². The van der Waals surface area contributed by atoms with Crippen molar-refractivity contribution in [2.45, 2.75) is 31.0 Å². The fraction of sp³-hybridized carbons (Fsp3) is 0.294. The Labute approximate surface area is 128 Å². The topological polar surface area (TPSA) is 52.3 Å². The Hall–Kier alpha value is -1.65. The molecule has 2 N–H and O–H groups in total. The molecule has 0 fully saturated rings. The molecule has 1 unspecified atom stereocenters. The minimum absolute atomic E-state index is 0.432. The van der Waals surface area contributed by atoms with Crippen LogP contribution < -0.4 is 10.5 Å². The molecule has 2 aromatic rings. The van der Waals surface area contributed by atoms with Gasteiger partial charge in [-0.2, -0.15) is 0 Å². The fourth-order valence-electron chi connectivity index (χ4n) is 2.24. The summed E-state index contributed by atoms with van der Waals surface area (Å²) >= 11 is 0. The van der Waals surface area contributed by atoms with Gasteiger partial charge in [0.15, 0.2) is 0 Å². The number of rotatable bonds is 5. The Morgan fingerprint density at radius 3 is 2.57 bits per heavy atom. The van der Waals surface area contributed by atoms with Crippen LogP contribution in [0.2, 0.25) is 0 Å². The van der Waals surface area contributed by atoms with Gasteiger partial charge in [-0.1, -0.05) is 18.2 Å². The molecule has 3 nitrogen and oxygen atoms in total. The van der Waals surface area contributed by atoms with Crippen LogP contribution in [0.15, 0.2) is 41.3 Å². The van der Waals surface area contributed by atoms with E-state index in [1.54, 1.807) is 7.11 Å². The summed E-state index contributed by atoms with van der Waals surface area (Å²) in [6.45, 7) is 4.46. The van der Waals surface area contributed by atoms with Crippen LogP contribution in [0.25, 0.3) is 0 Å². The standard InChI is InChI=1S/C17H21NO2S/c1-12-4-5-13(2)17(8-12)21(19)11-15-9-14(10-18)6-7-16(15)20-3/h4-9H,10-11,18H2,1-3H3. The fourth-order valence-corrected chi connectivity index (χ4v) is 3.65. The van der Waals surface area contributed by atoms with Gasteiger partial charge in [-0.05, 0) is 48.7 Å². The quantitative estimate of drug-likeness (QED) is 0.923. The molecule has 0 aliphatic carbocycles. The SMILES string of the molecule is COc1ccc(CN)cc1CS(=O)c1cc(C)ccc1C. The van der Waals surface area contributed by atoms with Gasteiger partial charge in [0, 0.05) is 17.0 Å². The maximum Gasteiger partial charge on any atom is 0.123 e. The van der Waals surface area contributed by atoms with E-state index in [1.807, 2.05) is 50.2 Å². The average molecular weight is 303 g/mol. The van der Waals surface area contributed by atoms with Gasteiger partial charge < -0.3 is 10.5 Å². The molecule has 112 valence electrons. The summed E-state index contributed by atoms with van der Waals surface area (Å²) in [4.78, 5) is 0.884. The lowest BCUT2D eigenvalue weighted by Gasteiger charge is -2.12. The average Bonchev–Trinajstić information content (AvgIpc) is 2.49. The van der Waals surface area contributed by atoms with Crippen LogP contribution in [0.3, 0.4) is 0 Å². The molecule has 0 radical (unpaired) electrons. The summed E-state index contributed by atoms with van der Waals surface area (Å²) in [6.07, 6.45) is 0. The van der Waals surface area contributed by atoms with Gasteiger partial charge in [0.2, 0.25) is 0 Å². The smallest absolute Gasteiger partial charge is 0.123 e. The molecule has 1 atom stereocenters. The van der Waals surface area contributed by atoms with Crippen molar-refractivity contribution in [1.82, 2.24) is 0 Å². The van der Waals surface area contributed by atoms with Crippen molar-refractivity contribution >= 4 is 10.8 Å². The maximum atomic E-state index is 12.7. The molecule has 21 heavy (non-hydrogen) atoms. The zero-order chi connectivity index (χ0) is 15.4. The highest BCUT2D eigenvalue weighted by molar-refractivity contribution is 7.84. The Morgan fingerprint density at radius 2 is 1.90 bits per heavy atom. The monoisotopic (exact) mass is 303 g/mol. The molecule has 0 aromatic heterocycles. The van der Waals surface area contributed by atoms with Crippen LogP contribution in [0.5, 0.6) is 5.75 Å². The number of ether oxygens (including phenoxy) is 1. The molecule has 0 aliphatic rings. The summed E-state index contributed by atoms with van der Waals surface area (Å²) in [7, 11) is 0.528. The normalized spacial score (nSPS) is 12.2. The maximum absolute atomic E-state index is 12.7.